The van der Waals surface area contributed by atoms with E-state index in [1.807, 2.05) is 24.3 Å². The lowest BCUT2D eigenvalue weighted by atomic mass is 9.91. The van der Waals surface area contributed by atoms with Gasteiger partial charge in [-0.2, -0.15) is 0 Å². The summed E-state index contributed by atoms with van der Waals surface area (Å²) < 4.78 is 11.6. The standard InChI is InChI=1S/C24H30N4O5/c1-24(23(31)26-17-7-5-4-6-8-17)14-27-15-25-19(22(30)33-3)20(27)21(29)28(24)13-16-9-11-18(32-2)12-10-16/h9-12,15,17H,4-8,13-14H2,1-3H3,(H,26,31). The van der Waals surface area contributed by atoms with Gasteiger partial charge in [-0.15, -0.1) is 0 Å². The van der Waals surface area contributed by atoms with Gasteiger partial charge in [0.2, 0.25) is 5.91 Å². The van der Waals surface area contributed by atoms with Crippen LogP contribution in [-0.4, -0.2) is 58.0 Å². The van der Waals surface area contributed by atoms with Crippen LogP contribution in [-0.2, 0) is 22.6 Å². The van der Waals surface area contributed by atoms with Crippen LogP contribution in [0.3, 0.4) is 0 Å². The molecule has 9 heteroatoms. The van der Waals surface area contributed by atoms with Crippen molar-refractivity contribution in [3.8, 4) is 5.75 Å². The number of methoxy groups -OCH3 is 2. The summed E-state index contributed by atoms with van der Waals surface area (Å²) in [4.78, 5) is 45.2. The van der Waals surface area contributed by atoms with Gasteiger partial charge in [0.15, 0.2) is 5.69 Å². The minimum atomic E-state index is -1.16. The van der Waals surface area contributed by atoms with E-state index < -0.39 is 17.4 Å². The van der Waals surface area contributed by atoms with Gasteiger partial charge in [-0.25, -0.2) is 9.78 Å². The lowest BCUT2D eigenvalue weighted by molar-refractivity contribution is -0.134. The lowest BCUT2D eigenvalue weighted by Gasteiger charge is -2.44. The average Bonchev–Trinajstić information content (AvgIpc) is 3.26. The Morgan fingerprint density at radius 2 is 1.85 bits per heavy atom. The predicted octanol–water partition coefficient (Wildman–Crippen LogP) is 2.54. The highest BCUT2D eigenvalue weighted by Crippen LogP contribution is 2.32. The Hall–Kier alpha value is -3.36. The first kappa shape index (κ1) is 22.8. The number of imidazole rings is 1. The summed E-state index contributed by atoms with van der Waals surface area (Å²) in [5.74, 6) is -0.615. The molecule has 2 aromatic rings. The molecule has 176 valence electrons. The monoisotopic (exact) mass is 454 g/mol. The number of aromatic nitrogens is 2. The van der Waals surface area contributed by atoms with Crippen LogP contribution in [0, 0.1) is 0 Å². The summed E-state index contributed by atoms with van der Waals surface area (Å²) in [5.41, 5.74) is -0.223. The van der Waals surface area contributed by atoms with Crippen LogP contribution in [0.15, 0.2) is 30.6 Å². The highest BCUT2D eigenvalue weighted by Gasteiger charge is 2.49. The molecular weight excluding hydrogens is 424 g/mol. The molecule has 1 N–H and O–H groups in total. The molecule has 2 amide bonds. The Morgan fingerprint density at radius 1 is 1.15 bits per heavy atom. The van der Waals surface area contributed by atoms with Crippen molar-refractivity contribution >= 4 is 17.8 Å². The molecule has 1 aromatic heterocycles. The van der Waals surface area contributed by atoms with Crippen molar-refractivity contribution in [2.45, 2.75) is 63.7 Å². The molecule has 2 heterocycles. The molecule has 1 fully saturated rings. The number of amides is 2. The second-order valence-electron chi connectivity index (χ2n) is 8.88. The number of nitrogens with one attached hydrogen (secondary N) is 1. The first-order chi connectivity index (χ1) is 15.9. The van der Waals surface area contributed by atoms with Crippen molar-refractivity contribution in [1.29, 1.82) is 0 Å². The maximum absolute atomic E-state index is 13.7. The van der Waals surface area contributed by atoms with Crippen molar-refractivity contribution in [3.05, 3.63) is 47.5 Å². The Kier molecular flexibility index (Phi) is 6.40. The molecular formula is C24H30N4O5. The number of nitrogens with zero attached hydrogens (tertiary/aromatic N) is 3. The zero-order valence-corrected chi connectivity index (χ0v) is 19.3. The molecule has 1 aromatic carbocycles. The van der Waals surface area contributed by atoms with E-state index in [1.165, 1.54) is 24.8 Å². The van der Waals surface area contributed by atoms with Crippen LogP contribution >= 0.6 is 0 Å². The molecule has 0 saturated heterocycles. The number of benzene rings is 1. The molecule has 1 aliphatic heterocycles. The number of fused-ring (bicyclic) bond motifs is 1. The van der Waals surface area contributed by atoms with Crippen LogP contribution in [0.4, 0.5) is 0 Å². The number of ether oxygens (including phenoxy) is 2. The van der Waals surface area contributed by atoms with E-state index in [9.17, 15) is 14.4 Å². The number of carbonyl (C=O) groups is 3. The van der Waals surface area contributed by atoms with Gasteiger partial charge >= 0.3 is 5.97 Å². The van der Waals surface area contributed by atoms with Crippen molar-refractivity contribution in [2.24, 2.45) is 0 Å². The predicted molar refractivity (Wildman–Crippen MR) is 120 cm³/mol. The highest BCUT2D eigenvalue weighted by molar-refractivity contribution is 6.06. The summed E-state index contributed by atoms with van der Waals surface area (Å²) in [6.45, 7) is 2.16. The smallest absolute Gasteiger partial charge is 0.359 e. The first-order valence-corrected chi connectivity index (χ1v) is 11.3. The van der Waals surface area contributed by atoms with E-state index in [-0.39, 0.29) is 36.4 Å². The van der Waals surface area contributed by atoms with Gasteiger partial charge in [-0.1, -0.05) is 31.4 Å². The topological polar surface area (TPSA) is 103 Å². The Balaban J connectivity index is 1.70. The third kappa shape index (κ3) is 4.31. The number of hydrogen-bond donors (Lipinski definition) is 1. The van der Waals surface area contributed by atoms with Crippen LogP contribution < -0.4 is 10.1 Å². The number of esters is 1. The zero-order chi connectivity index (χ0) is 23.6. The molecule has 0 bridgehead atoms. The molecule has 1 aliphatic carbocycles. The normalized spacial score (nSPS) is 20.8. The molecule has 33 heavy (non-hydrogen) atoms. The van der Waals surface area contributed by atoms with Gasteiger partial charge in [0.25, 0.3) is 5.91 Å². The maximum Gasteiger partial charge on any atom is 0.359 e. The molecule has 1 unspecified atom stereocenters. The second-order valence-corrected chi connectivity index (χ2v) is 8.88. The molecule has 0 radical (unpaired) electrons. The largest absolute Gasteiger partial charge is 0.497 e. The fourth-order valence-electron chi connectivity index (χ4n) is 4.68. The van der Waals surface area contributed by atoms with Crippen LogP contribution in [0.25, 0.3) is 0 Å². The van der Waals surface area contributed by atoms with Gasteiger partial charge in [0.1, 0.15) is 17.0 Å². The fraction of sp³-hybridized carbons (Fsp3) is 0.500. The van der Waals surface area contributed by atoms with E-state index in [0.717, 1.165) is 31.2 Å². The molecule has 0 spiro atoms. The highest BCUT2D eigenvalue weighted by atomic mass is 16.5. The lowest BCUT2D eigenvalue weighted by Crippen LogP contribution is -2.64. The minimum absolute atomic E-state index is 0.0445. The third-order valence-electron chi connectivity index (χ3n) is 6.67. The summed E-state index contributed by atoms with van der Waals surface area (Å²) in [7, 11) is 2.84. The van der Waals surface area contributed by atoms with Gasteiger partial charge in [0.05, 0.1) is 27.1 Å². The Bertz CT molecular complexity index is 1040. The molecule has 9 nitrogen and oxygen atoms in total. The van der Waals surface area contributed by atoms with Crippen molar-refractivity contribution < 1.29 is 23.9 Å². The first-order valence-electron chi connectivity index (χ1n) is 11.3. The SMILES string of the molecule is COC(=O)c1ncn2c1C(=O)N(Cc1ccc(OC)cc1)C(C)(C(=O)NC1CCCCC1)C2. The van der Waals surface area contributed by atoms with E-state index in [0.29, 0.717) is 5.75 Å². The molecule has 4 rings (SSSR count). The van der Waals surface area contributed by atoms with Crippen molar-refractivity contribution in [3.63, 3.8) is 0 Å². The van der Waals surface area contributed by atoms with Crippen LogP contribution in [0.1, 0.15) is 65.6 Å². The number of hydrogen-bond acceptors (Lipinski definition) is 6. The van der Waals surface area contributed by atoms with Crippen LogP contribution in [0.2, 0.25) is 0 Å². The Labute approximate surface area is 193 Å². The zero-order valence-electron chi connectivity index (χ0n) is 19.3. The van der Waals surface area contributed by atoms with Crippen molar-refractivity contribution in [2.75, 3.05) is 14.2 Å². The van der Waals surface area contributed by atoms with Crippen LogP contribution in [0.5, 0.6) is 5.75 Å². The van der Waals surface area contributed by atoms with E-state index >= 15 is 0 Å². The van der Waals surface area contributed by atoms with Gasteiger partial charge in [0, 0.05) is 12.6 Å². The molecule has 1 atom stereocenters. The van der Waals surface area contributed by atoms with E-state index in [1.54, 1.807) is 18.6 Å². The number of carbonyl (C=O) groups excluding carboxylic acids is 3. The Morgan fingerprint density at radius 3 is 2.48 bits per heavy atom. The van der Waals surface area contributed by atoms with Gasteiger partial charge in [-0.05, 0) is 37.5 Å². The van der Waals surface area contributed by atoms with E-state index in [2.05, 4.69) is 10.3 Å². The summed E-state index contributed by atoms with van der Waals surface area (Å²) >= 11 is 0. The summed E-state index contributed by atoms with van der Waals surface area (Å²) in [6.07, 6.45) is 6.67. The van der Waals surface area contributed by atoms with E-state index in [4.69, 9.17) is 9.47 Å². The molecule has 2 aliphatic rings. The number of rotatable bonds is 6. The quantitative estimate of drug-likeness (QED) is 0.673. The van der Waals surface area contributed by atoms with Gasteiger partial charge in [-0.3, -0.25) is 9.59 Å². The average molecular weight is 455 g/mol. The second kappa shape index (κ2) is 9.25. The summed E-state index contributed by atoms with van der Waals surface area (Å²) in [6, 6.07) is 7.45. The molecule has 1 saturated carbocycles. The fourth-order valence-corrected chi connectivity index (χ4v) is 4.68. The van der Waals surface area contributed by atoms with Gasteiger partial charge < -0.3 is 24.3 Å². The maximum atomic E-state index is 13.7. The third-order valence-corrected chi connectivity index (χ3v) is 6.67. The summed E-state index contributed by atoms with van der Waals surface area (Å²) in [5, 5.41) is 3.18. The minimum Gasteiger partial charge on any atom is -0.497 e. The van der Waals surface area contributed by atoms with Crippen molar-refractivity contribution in [1.82, 2.24) is 19.8 Å².